The molecule has 1 heterocycles. The van der Waals surface area contributed by atoms with Crippen LogP contribution in [-0.4, -0.2) is 10.9 Å². The maximum absolute atomic E-state index is 12.2. The van der Waals surface area contributed by atoms with E-state index in [1.54, 1.807) is 24.5 Å². The van der Waals surface area contributed by atoms with Crippen LogP contribution in [0.2, 0.25) is 5.02 Å². The molecule has 1 aromatic heterocycles. The molecule has 1 amide bonds. The minimum Gasteiger partial charge on any atom is -0.489 e. The Morgan fingerprint density at radius 2 is 1.96 bits per heavy atom. The first kappa shape index (κ1) is 17.0. The molecule has 4 nitrogen and oxygen atoms in total. The molecule has 0 bridgehead atoms. The lowest BCUT2D eigenvalue weighted by molar-refractivity contribution is -0.115. The van der Waals surface area contributed by atoms with Gasteiger partial charge in [0.05, 0.1) is 6.42 Å². The summed E-state index contributed by atoms with van der Waals surface area (Å²) in [6.45, 7) is 0.421. The van der Waals surface area contributed by atoms with Gasteiger partial charge in [-0.1, -0.05) is 41.9 Å². The molecule has 0 saturated carbocycles. The molecule has 0 radical (unpaired) electrons. The minimum atomic E-state index is -0.127. The summed E-state index contributed by atoms with van der Waals surface area (Å²) >= 11 is 6.09. The lowest BCUT2D eigenvalue weighted by atomic mass is 10.1. The van der Waals surface area contributed by atoms with Crippen molar-refractivity contribution in [3.63, 3.8) is 0 Å². The Balaban J connectivity index is 1.59. The molecule has 3 rings (SSSR count). The Kier molecular flexibility index (Phi) is 5.65. The Morgan fingerprint density at radius 1 is 1.08 bits per heavy atom. The molecule has 0 aliphatic carbocycles. The highest BCUT2D eigenvalue weighted by molar-refractivity contribution is 6.31. The molecule has 0 saturated heterocycles. The number of hydrogen-bond donors (Lipinski definition) is 1. The van der Waals surface area contributed by atoms with Crippen LogP contribution in [0.25, 0.3) is 0 Å². The van der Waals surface area contributed by atoms with Gasteiger partial charge in [0.2, 0.25) is 5.91 Å². The van der Waals surface area contributed by atoms with Gasteiger partial charge < -0.3 is 10.1 Å². The van der Waals surface area contributed by atoms with E-state index in [4.69, 9.17) is 16.3 Å². The molecule has 3 aromatic rings. The summed E-state index contributed by atoms with van der Waals surface area (Å²) in [5.41, 5.74) is 2.46. The Bertz CT molecular complexity index is 853. The summed E-state index contributed by atoms with van der Waals surface area (Å²) in [5.74, 6) is 0.553. The number of nitrogens with one attached hydrogen (secondary N) is 1. The molecule has 0 unspecified atom stereocenters. The monoisotopic (exact) mass is 352 g/mol. The number of carbonyl (C=O) groups excluding carboxylic acids is 1. The van der Waals surface area contributed by atoms with Gasteiger partial charge in [0.1, 0.15) is 12.4 Å². The van der Waals surface area contributed by atoms with Crippen LogP contribution in [-0.2, 0) is 17.8 Å². The van der Waals surface area contributed by atoms with E-state index >= 15 is 0 Å². The number of anilines is 1. The van der Waals surface area contributed by atoms with Crippen molar-refractivity contribution in [1.82, 2.24) is 4.98 Å². The van der Waals surface area contributed by atoms with E-state index in [-0.39, 0.29) is 12.3 Å². The van der Waals surface area contributed by atoms with E-state index in [0.717, 1.165) is 11.1 Å². The van der Waals surface area contributed by atoms with E-state index < -0.39 is 0 Å². The van der Waals surface area contributed by atoms with E-state index in [2.05, 4.69) is 10.3 Å². The second-order valence-electron chi connectivity index (χ2n) is 5.49. The van der Waals surface area contributed by atoms with Crippen molar-refractivity contribution in [2.45, 2.75) is 13.0 Å². The summed E-state index contributed by atoms with van der Waals surface area (Å²) in [7, 11) is 0. The number of hydrogen-bond acceptors (Lipinski definition) is 3. The molecule has 0 fully saturated rings. The Morgan fingerprint density at radius 3 is 2.76 bits per heavy atom. The molecule has 0 spiro atoms. The van der Waals surface area contributed by atoms with Gasteiger partial charge in [-0.05, 0) is 29.8 Å². The zero-order valence-electron chi connectivity index (χ0n) is 13.5. The fourth-order valence-electron chi connectivity index (χ4n) is 2.33. The quantitative estimate of drug-likeness (QED) is 0.710. The molecule has 0 atom stereocenters. The van der Waals surface area contributed by atoms with Crippen molar-refractivity contribution in [2.75, 3.05) is 5.32 Å². The summed E-state index contributed by atoms with van der Waals surface area (Å²) in [4.78, 5) is 16.3. The Labute approximate surface area is 151 Å². The van der Waals surface area contributed by atoms with Crippen molar-refractivity contribution < 1.29 is 9.53 Å². The van der Waals surface area contributed by atoms with Crippen LogP contribution in [0.4, 0.5) is 5.69 Å². The smallest absolute Gasteiger partial charge is 0.228 e. The molecule has 25 heavy (non-hydrogen) atoms. The first-order valence-corrected chi connectivity index (χ1v) is 8.23. The molecule has 0 aliphatic heterocycles. The van der Waals surface area contributed by atoms with Crippen LogP contribution in [0.5, 0.6) is 5.75 Å². The lowest BCUT2D eigenvalue weighted by Crippen LogP contribution is -2.14. The van der Waals surface area contributed by atoms with Crippen LogP contribution in [0.15, 0.2) is 73.1 Å². The lowest BCUT2D eigenvalue weighted by Gasteiger charge is -2.10. The fourth-order valence-corrected chi connectivity index (χ4v) is 2.54. The number of rotatable bonds is 6. The largest absolute Gasteiger partial charge is 0.489 e. The third kappa shape index (κ3) is 5.06. The third-order valence-corrected chi connectivity index (χ3v) is 3.92. The van der Waals surface area contributed by atoms with Crippen LogP contribution in [0.3, 0.4) is 0 Å². The van der Waals surface area contributed by atoms with Gasteiger partial charge in [-0.15, -0.1) is 0 Å². The standard InChI is InChI=1S/C20H17ClN2O2/c21-19-9-2-1-6-16(19)11-20(24)23-17-7-3-8-18(12-17)25-14-15-5-4-10-22-13-15/h1-10,12-13H,11,14H2,(H,23,24). The van der Waals surface area contributed by atoms with Gasteiger partial charge in [-0.2, -0.15) is 0 Å². The van der Waals surface area contributed by atoms with E-state index in [9.17, 15) is 4.79 Å². The maximum atomic E-state index is 12.2. The van der Waals surface area contributed by atoms with Crippen molar-refractivity contribution in [3.05, 3.63) is 89.2 Å². The zero-order valence-corrected chi connectivity index (χ0v) is 14.2. The normalized spacial score (nSPS) is 10.3. The summed E-state index contributed by atoms with van der Waals surface area (Å²) in [5, 5.41) is 3.46. The fraction of sp³-hybridized carbons (Fsp3) is 0.100. The highest BCUT2D eigenvalue weighted by Gasteiger charge is 2.07. The highest BCUT2D eigenvalue weighted by Crippen LogP contribution is 2.20. The topological polar surface area (TPSA) is 51.2 Å². The second kappa shape index (κ2) is 8.31. The number of nitrogens with zero attached hydrogens (tertiary/aromatic N) is 1. The average molecular weight is 353 g/mol. The van der Waals surface area contributed by atoms with Crippen molar-refractivity contribution in [3.8, 4) is 5.75 Å². The van der Waals surface area contributed by atoms with Gasteiger partial charge in [-0.25, -0.2) is 0 Å². The summed E-state index contributed by atoms with van der Waals surface area (Å²) in [6, 6.07) is 18.4. The number of ether oxygens (including phenoxy) is 1. The molecular formula is C20H17ClN2O2. The number of carbonyl (C=O) groups is 1. The van der Waals surface area contributed by atoms with Crippen LogP contribution < -0.4 is 10.1 Å². The van der Waals surface area contributed by atoms with E-state index in [0.29, 0.717) is 23.1 Å². The summed E-state index contributed by atoms with van der Waals surface area (Å²) < 4.78 is 5.74. The van der Waals surface area contributed by atoms with Crippen LogP contribution in [0, 0.1) is 0 Å². The Hall–Kier alpha value is -2.85. The van der Waals surface area contributed by atoms with Crippen LogP contribution in [0.1, 0.15) is 11.1 Å². The number of halogens is 1. The number of amides is 1. The number of benzene rings is 2. The van der Waals surface area contributed by atoms with Gasteiger partial charge in [0, 0.05) is 34.7 Å². The van der Waals surface area contributed by atoms with Crippen LogP contribution >= 0.6 is 11.6 Å². The van der Waals surface area contributed by atoms with Gasteiger partial charge in [0.25, 0.3) is 0 Å². The molecule has 2 aromatic carbocycles. The zero-order chi connectivity index (χ0) is 17.5. The van der Waals surface area contributed by atoms with Crippen molar-refractivity contribution in [2.24, 2.45) is 0 Å². The van der Waals surface area contributed by atoms with E-state index in [1.807, 2.05) is 48.5 Å². The molecule has 1 N–H and O–H groups in total. The maximum Gasteiger partial charge on any atom is 0.228 e. The first-order valence-electron chi connectivity index (χ1n) is 7.86. The molecule has 126 valence electrons. The van der Waals surface area contributed by atoms with Crippen molar-refractivity contribution in [1.29, 1.82) is 0 Å². The summed E-state index contributed by atoms with van der Waals surface area (Å²) in [6.07, 6.45) is 3.70. The first-order chi connectivity index (χ1) is 12.2. The van der Waals surface area contributed by atoms with E-state index in [1.165, 1.54) is 0 Å². The average Bonchev–Trinajstić information content (AvgIpc) is 2.63. The van der Waals surface area contributed by atoms with Crippen molar-refractivity contribution >= 4 is 23.2 Å². The number of aromatic nitrogens is 1. The predicted octanol–water partition coefficient (Wildman–Crippen LogP) is 4.50. The molecular weight excluding hydrogens is 336 g/mol. The second-order valence-corrected chi connectivity index (χ2v) is 5.90. The highest BCUT2D eigenvalue weighted by atomic mass is 35.5. The van der Waals surface area contributed by atoms with Gasteiger partial charge >= 0.3 is 0 Å². The minimum absolute atomic E-state index is 0.127. The number of pyridine rings is 1. The third-order valence-electron chi connectivity index (χ3n) is 3.55. The molecule has 5 heteroatoms. The van der Waals surface area contributed by atoms with Gasteiger partial charge in [0.15, 0.2) is 0 Å². The SMILES string of the molecule is O=C(Cc1ccccc1Cl)Nc1cccc(OCc2cccnc2)c1. The predicted molar refractivity (Wildman–Crippen MR) is 98.8 cm³/mol. The molecule has 0 aliphatic rings. The van der Waals surface area contributed by atoms with Gasteiger partial charge in [-0.3, -0.25) is 9.78 Å².